The van der Waals surface area contributed by atoms with Crippen LogP contribution in [0.25, 0.3) is 0 Å². The molecule has 1 atom stereocenters. The number of carbonyl (C=O) groups excluding carboxylic acids is 1. The molecule has 0 aromatic heterocycles. The molecule has 0 aromatic rings. The predicted molar refractivity (Wildman–Crippen MR) is 31.5 cm³/mol. The third-order valence-corrected chi connectivity index (χ3v) is 1.48. The van der Waals surface area contributed by atoms with E-state index in [-0.39, 0.29) is 5.91 Å². The molecule has 0 aliphatic carbocycles. The van der Waals surface area contributed by atoms with E-state index in [4.69, 9.17) is 0 Å². The Morgan fingerprint density at radius 2 is 2.38 bits per heavy atom. The Morgan fingerprint density at radius 3 is 2.50 bits per heavy atom. The molecule has 1 aliphatic heterocycles. The second-order valence-corrected chi connectivity index (χ2v) is 2.25. The van der Waals surface area contributed by atoms with Crippen LogP contribution < -0.4 is 0 Å². The Morgan fingerprint density at radius 1 is 1.88 bits per heavy atom. The molecule has 0 radical (unpaired) electrons. The number of hydrogen-bond acceptors (Lipinski definition) is 1. The fourth-order valence-electron chi connectivity index (χ4n) is 0.788. The highest BCUT2D eigenvalue weighted by molar-refractivity contribution is 5.78. The second kappa shape index (κ2) is 1.77. The van der Waals surface area contributed by atoms with Crippen LogP contribution in [0.2, 0.25) is 0 Å². The monoisotopic (exact) mass is 113 g/mol. The highest BCUT2D eigenvalue weighted by Crippen LogP contribution is 2.16. The molecular weight excluding hydrogens is 102 g/mol. The number of amides is 1. The molecule has 1 fully saturated rings. The van der Waals surface area contributed by atoms with Crippen molar-refractivity contribution in [3.63, 3.8) is 0 Å². The number of hydrogen-bond donors (Lipinski definition) is 0. The van der Waals surface area contributed by atoms with E-state index in [9.17, 15) is 4.79 Å². The molecule has 0 bridgehead atoms. The molecule has 46 valence electrons. The first-order valence-electron chi connectivity index (χ1n) is 3.05. The quantitative estimate of drug-likeness (QED) is 0.456. The van der Waals surface area contributed by atoms with Gasteiger partial charge in [0.15, 0.2) is 0 Å². The van der Waals surface area contributed by atoms with Gasteiger partial charge in [0.05, 0.1) is 0 Å². The Kier molecular flexibility index (Phi) is 1.24. The maximum absolute atomic E-state index is 10.7. The highest BCUT2D eigenvalue weighted by Gasteiger charge is 2.32. The largest absolute Gasteiger partial charge is 0.336 e. The molecule has 1 rings (SSSR count). The summed E-state index contributed by atoms with van der Waals surface area (Å²) >= 11 is 0. The van der Waals surface area contributed by atoms with E-state index < -0.39 is 0 Å². The van der Waals surface area contributed by atoms with Crippen molar-refractivity contribution in [2.75, 3.05) is 6.54 Å². The van der Waals surface area contributed by atoms with Crippen molar-refractivity contribution in [1.29, 1.82) is 0 Å². The lowest BCUT2D eigenvalue weighted by atomic mass is 10.4. The molecule has 1 heterocycles. The van der Waals surface area contributed by atoms with Gasteiger partial charge in [-0.3, -0.25) is 4.79 Å². The lowest BCUT2D eigenvalue weighted by Crippen LogP contribution is -2.09. The molecule has 1 aliphatic rings. The van der Waals surface area contributed by atoms with Gasteiger partial charge in [0.2, 0.25) is 5.91 Å². The van der Waals surface area contributed by atoms with Gasteiger partial charge in [-0.25, -0.2) is 0 Å². The van der Waals surface area contributed by atoms with E-state index in [2.05, 4.69) is 6.92 Å². The molecule has 2 nitrogen and oxygen atoms in total. The zero-order valence-corrected chi connectivity index (χ0v) is 5.35. The summed E-state index contributed by atoms with van der Waals surface area (Å²) < 4.78 is 0. The Bertz CT molecular complexity index is 111. The summed E-state index contributed by atoms with van der Waals surface area (Å²) in [5, 5.41) is 0. The van der Waals surface area contributed by atoms with Crippen LogP contribution in [0.15, 0.2) is 0 Å². The van der Waals surface area contributed by atoms with E-state index in [0.29, 0.717) is 12.5 Å². The third-order valence-electron chi connectivity index (χ3n) is 1.48. The van der Waals surface area contributed by atoms with E-state index in [1.807, 2.05) is 11.8 Å². The first-order chi connectivity index (χ1) is 3.75. The number of carbonyl (C=O) groups is 1. The zero-order valence-electron chi connectivity index (χ0n) is 5.35. The van der Waals surface area contributed by atoms with Crippen molar-refractivity contribution in [3.05, 3.63) is 0 Å². The van der Waals surface area contributed by atoms with E-state index in [1.165, 1.54) is 0 Å². The average Bonchev–Trinajstić information content (AvgIpc) is 2.45. The van der Waals surface area contributed by atoms with Crippen LogP contribution in [0.5, 0.6) is 0 Å². The van der Waals surface area contributed by atoms with Crippen molar-refractivity contribution in [1.82, 2.24) is 4.90 Å². The first kappa shape index (κ1) is 5.60. The molecule has 1 saturated heterocycles. The van der Waals surface area contributed by atoms with Crippen molar-refractivity contribution < 1.29 is 4.79 Å². The van der Waals surface area contributed by atoms with Gasteiger partial charge in [-0.2, -0.15) is 0 Å². The van der Waals surface area contributed by atoms with Crippen molar-refractivity contribution >= 4 is 5.91 Å². The number of nitrogens with zero attached hydrogens (tertiary/aromatic N) is 1. The topological polar surface area (TPSA) is 20.1 Å². The summed E-state index contributed by atoms with van der Waals surface area (Å²) in [5.74, 6) is 0.289. The molecule has 0 saturated carbocycles. The first-order valence-corrected chi connectivity index (χ1v) is 3.05. The van der Waals surface area contributed by atoms with E-state index in [0.717, 1.165) is 6.54 Å². The van der Waals surface area contributed by atoms with Crippen LogP contribution in [0.3, 0.4) is 0 Å². The van der Waals surface area contributed by atoms with Gasteiger partial charge in [0.25, 0.3) is 0 Å². The minimum absolute atomic E-state index is 0.289. The molecule has 0 aromatic carbocycles. The lowest BCUT2D eigenvalue weighted by molar-refractivity contribution is -0.125. The van der Waals surface area contributed by atoms with Crippen molar-refractivity contribution in [3.8, 4) is 0 Å². The average molecular weight is 113 g/mol. The van der Waals surface area contributed by atoms with Gasteiger partial charge in [-0.15, -0.1) is 0 Å². The predicted octanol–water partition coefficient (Wildman–Crippen LogP) is 0.627. The van der Waals surface area contributed by atoms with Crippen LogP contribution in [0.4, 0.5) is 0 Å². The van der Waals surface area contributed by atoms with Gasteiger partial charge in [-0.1, -0.05) is 6.92 Å². The Hall–Kier alpha value is -0.530. The van der Waals surface area contributed by atoms with Crippen LogP contribution >= 0.6 is 0 Å². The van der Waals surface area contributed by atoms with Gasteiger partial charge in [0, 0.05) is 19.0 Å². The van der Waals surface area contributed by atoms with Crippen molar-refractivity contribution in [2.45, 2.75) is 26.3 Å². The van der Waals surface area contributed by atoms with Gasteiger partial charge < -0.3 is 4.90 Å². The van der Waals surface area contributed by atoms with Crippen LogP contribution in [-0.4, -0.2) is 23.4 Å². The molecule has 1 unspecified atom stereocenters. The third kappa shape index (κ3) is 0.831. The molecule has 2 heteroatoms. The smallest absolute Gasteiger partial charge is 0.222 e. The second-order valence-electron chi connectivity index (χ2n) is 2.25. The fourth-order valence-corrected chi connectivity index (χ4v) is 0.788. The SMILES string of the molecule is CCC(=O)N1CC1C. The standard InChI is InChI=1S/C6H11NO/c1-3-6(8)7-4-5(7)2/h5H,3-4H2,1-2H3. The maximum atomic E-state index is 10.7. The van der Waals surface area contributed by atoms with E-state index >= 15 is 0 Å². The lowest BCUT2D eigenvalue weighted by Gasteiger charge is -1.95. The summed E-state index contributed by atoms with van der Waals surface area (Å²) in [6.07, 6.45) is 0.657. The summed E-state index contributed by atoms with van der Waals surface area (Å²) in [6.45, 7) is 4.94. The minimum atomic E-state index is 0.289. The molecule has 0 spiro atoms. The highest BCUT2D eigenvalue weighted by atomic mass is 16.2. The maximum Gasteiger partial charge on any atom is 0.222 e. The van der Waals surface area contributed by atoms with Crippen LogP contribution in [0, 0.1) is 0 Å². The Balaban J connectivity index is 2.28. The zero-order chi connectivity index (χ0) is 6.15. The van der Waals surface area contributed by atoms with Gasteiger partial charge >= 0.3 is 0 Å². The molecule has 0 N–H and O–H groups in total. The molecule has 8 heavy (non-hydrogen) atoms. The minimum Gasteiger partial charge on any atom is -0.336 e. The van der Waals surface area contributed by atoms with Gasteiger partial charge in [-0.05, 0) is 6.92 Å². The van der Waals surface area contributed by atoms with Crippen molar-refractivity contribution in [2.24, 2.45) is 0 Å². The van der Waals surface area contributed by atoms with Crippen LogP contribution in [-0.2, 0) is 4.79 Å². The normalized spacial score (nSPS) is 25.8. The van der Waals surface area contributed by atoms with Gasteiger partial charge in [0.1, 0.15) is 0 Å². The fraction of sp³-hybridized carbons (Fsp3) is 0.833. The Labute approximate surface area is 49.5 Å². The summed E-state index contributed by atoms with van der Waals surface area (Å²) in [4.78, 5) is 12.6. The molecule has 1 amide bonds. The molecular formula is C6H11NO. The summed E-state index contributed by atoms with van der Waals surface area (Å²) in [5.41, 5.74) is 0. The van der Waals surface area contributed by atoms with E-state index in [1.54, 1.807) is 0 Å². The number of rotatable bonds is 1. The summed E-state index contributed by atoms with van der Waals surface area (Å²) in [6, 6.07) is 0.530. The summed E-state index contributed by atoms with van der Waals surface area (Å²) in [7, 11) is 0. The van der Waals surface area contributed by atoms with Crippen LogP contribution in [0.1, 0.15) is 20.3 Å².